The molecule has 0 radical (unpaired) electrons. The van der Waals surface area contributed by atoms with Gasteiger partial charge in [0.2, 0.25) is 0 Å². The summed E-state index contributed by atoms with van der Waals surface area (Å²) in [5.74, 6) is 0.924. The van der Waals surface area contributed by atoms with E-state index in [0.29, 0.717) is 6.54 Å². The number of aromatic amines is 1. The molecule has 16 heavy (non-hydrogen) atoms. The van der Waals surface area contributed by atoms with Crippen molar-refractivity contribution in [3.63, 3.8) is 0 Å². The fourth-order valence-electron chi connectivity index (χ4n) is 1.60. The maximum absolute atomic E-state index is 4.34. The van der Waals surface area contributed by atoms with Crippen molar-refractivity contribution < 1.29 is 0 Å². The summed E-state index contributed by atoms with van der Waals surface area (Å²) in [5.41, 5.74) is 1.05. The smallest absolute Gasteiger partial charge is 0.134 e. The summed E-state index contributed by atoms with van der Waals surface area (Å²) in [4.78, 5) is 11.4. The molecule has 0 saturated carbocycles. The highest BCUT2D eigenvalue weighted by molar-refractivity contribution is 7.17. The number of H-pyrrole nitrogens is 1. The van der Waals surface area contributed by atoms with Gasteiger partial charge >= 0.3 is 0 Å². The lowest BCUT2D eigenvalue weighted by atomic mass is 10.3. The maximum atomic E-state index is 4.34. The van der Waals surface area contributed by atoms with Crippen molar-refractivity contribution in [1.29, 1.82) is 0 Å². The lowest BCUT2D eigenvalue weighted by molar-refractivity contribution is 1.06. The zero-order chi connectivity index (χ0) is 10.8. The molecule has 0 atom stereocenters. The van der Waals surface area contributed by atoms with E-state index >= 15 is 0 Å². The minimum Gasteiger partial charge on any atom is -0.364 e. The van der Waals surface area contributed by atoms with Gasteiger partial charge < -0.3 is 10.3 Å². The van der Waals surface area contributed by atoms with Gasteiger partial charge in [-0.1, -0.05) is 0 Å². The lowest BCUT2D eigenvalue weighted by Gasteiger charge is -2.04. The number of aromatic nitrogens is 3. The van der Waals surface area contributed by atoms with Crippen LogP contribution in [0.15, 0.2) is 36.2 Å². The molecule has 3 aromatic heterocycles. The lowest BCUT2D eigenvalue weighted by Crippen LogP contribution is -2.01. The Hall–Kier alpha value is -1.88. The molecule has 0 aromatic carbocycles. The Morgan fingerprint density at radius 1 is 1.38 bits per heavy atom. The maximum Gasteiger partial charge on any atom is 0.134 e. The molecule has 0 aliphatic carbocycles. The number of pyridine rings is 1. The number of nitrogens with one attached hydrogen (secondary N) is 2. The molecule has 0 aliphatic rings. The number of imidazole rings is 1. The van der Waals surface area contributed by atoms with Crippen molar-refractivity contribution >= 4 is 27.2 Å². The monoisotopic (exact) mass is 230 g/mol. The molecular weight excluding hydrogens is 220 g/mol. The van der Waals surface area contributed by atoms with E-state index in [9.17, 15) is 0 Å². The molecule has 80 valence electrons. The molecular formula is C11H10N4S. The summed E-state index contributed by atoms with van der Waals surface area (Å²) in [5, 5.41) is 6.55. The first kappa shape index (κ1) is 9.35. The van der Waals surface area contributed by atoms with Crippen LogP contribution in [0.25, 0.3) is 10.1 Å². The zero-order valence-corrected chi connectivity index (χ0v) is 9.29. The summed E-state index contributed by atoms with van der Waals surface area (Å²) in [6, 6.07) is 4.11. The van der Waals surface area contributed by atoms with Gasteiger partial charge in [0.15, 0.2) is 0 Å². The molecule has 3 heterocycles. The highest BCUT2D eigenvalue weighted by Crippen LogP contribution is 2.25. The molecule has 3 aromatic rings. The van der Waals surface area contributed by atoms with Gasteiger partial charge in [0.1, 0.15) is 5.82 Å². The number of hydrogen-bond donors (Lipinski definition) is 2. The predicted octanol–water partition coefficient (Wildman–Crippen LogP) is 2.63. The minimum atomic E-state index is 0.710. The van der Waals surface area contributed by atoms with Crippen LogP contribution in [0.2, 0.25) is 0 Å². The van der Waals surface area contributed by atoms with Crippen LogP contribution in [0, 0.1) is 0 Å². The van der Waals surface area contributed by atoms with E-state index in [-0.39, 0.29) is 0 Å². The predicted molar refractivity (Wildman–Crippen MR) is 65.5 cm³/mol. The second kappa shape index (κ2) is 3.94. The molecule has 0 spiro atoms. The van der Waals surface area contributed by atoms with Crippen molar-refractivity contribution in [2.45, 2.75) is 6.54 Å². The van der Waals surface area contributed by atoms with E-state index in [1.807, 2.05) is 12.3 Å². The molecule has 3 rings (SSSR count). The van der Waals surface area contributed by atoms with Gasteiger partial charge in [-0.25, -0.2) is 9.97 Å². The number of nitrogens with zero attached hydrogens (tertiary/aromatic N) is 2. The van der Waals surface area contributed by atoms with Gasteiger partial charge in [-0.3, -0.25) is 0 Å². The molecule has 0 fully saturated rings. The minimum absolute atomic E-state index is 0.710. The fraction of sp³-hybridized carbons (Fsp3) is 0.0909. The number of anilines is 1. The van der Waals surface area contributed by atoms with Crippen LogP contribution < -0.4 is 5.32 Å². The summed E-state index contributed by atoms with van der Waals surface area (Å²) in [7, 11) is 0. The first-order valence-corrected chi connectivity index (χ1v) is 5.85. The number of hydrogen-bond acceptors (Lipinski definition) is 4. The summed E-state index contributed by atoms with van der Waals surface area (Å²) < 4.78 is 1.25. The molecule has 0 amide bonds. The third-order valence-electron chi connectivity index (χ3n) is 2.38. The van der Waals surface area contributed by atoms with Crippen LogP contribution in [-0.4, -0.2) is 15.0 Å². The van der Waals surface area contributed by atoms with Crippen LogP contribution in [0.4, 0.5) is 5.82 Å². The average Bonchev–Trinajstić information content (AvgIpc) is 2.97. The molecule has 0 aliphatic heterocycles. The van der Waals surface area contributed by atoms with Gasteiger partial charge in [0.05, 0.1) is 18.6 Å². The molecule has 0 unspecified atom stereocenters. The number of rotatable bonds is 3. The largest absolute Gasteiger partial charge is 0.364 e. The van der Waals surface area contributed by atoms with E-state index in [1.54, 1.807) is 23.9 Å². The highest BCUT2D eigenvalue weighted by atomic mass is 32.1. The summed E-state index contributed by atoms with van der Waals surface area (Å²) >= 11 is 1.72. The normalized spacial score (nSPS) is 10.8. The Morgan fingerprint density at radius 3 is 3.25 bits per heavy atom. The second-order valence-electron chi connectivity index (χ2n) is 3.42. The highest BCUT2D eigenvalue weighted by Gasteiger charge is 2.02. The van der Waals surface area contributed by atoms with Gasteiger partial charge in [0, 0.05) is 22.5 Å². The molecule has 5 heteroatoms. The van der Waals surface area contributed by atoms with Crippen LogP contribution in [0.3, 0.4) is 0 Å². The Labute approximate surface area is 96.4 Å². The van der Waals surface area contributed by atoms with Gasteiger partial charge in [-0.2, -0.15) is 0 Å². The first-order chi connectivity index (χ1) is 7.93. The van der Waals surface area contributed by atoms with E-state index < -0.39 is 0 Å². The van der Waals surface area contributed by atoms with Crippen molar-refractivity contribution in [3.8, 4) is 0 Å². The van der Waals surface area contributed by atoms with Crippen molar-refractivity contribution in [1.82, 2.24) is 15.0 Å². The third-order valence-corrected chi connectivity index (χ3v) is 3.26. The van der Waals surface area contributed by atoms with E-state index in [0.717, 1.165) is 11.5 Å². The van der Waals surface area contributed by atoms with Crippen molar-refractivity contribution in [2.75, 3.05) is 5.32 Å². The van der Waals surface area contributed by atoms with E-state index in [2.05, 4.69) is 31.7 Å². The third kappa shape index (κ3) is 1.65. The molecule has 0 saturated heterocycles. The second-order valence-corrected chi connectivity index (χ2v) is 4.37. The van der Waals surface area contributed by atoms with Gasteiger partial charge in [-0.15, -0.1) is 11.3 Å². The molecule has 0 bridgehead atoms. The fourth-order valence-corrected chi connectivity index (χ4v) is 2.38. The quantitative estimate of drug-likeness (QED) is 0.727. The summed E-state index contributed by atoms with van der Waals surface area (Å²) in [6.45, 7) is 0.710. The first-order valence-electron chi connectivity index (χ1n) is 4.97. The van der Waals surface area contributed by atoms with Crippen LogP contribution >= 0.6 is 11.3 Å². The Balaban J connectivity index is 1.86. The van der Waals surface area contributed by atoms with Crippen LogP contribution in [0.5, 0.6) is 0 Å². The Kier molecular flexibility index (Phi) is 2.30. The van der Waals surface area contributed by atoms with Crippen molar-refractivity contribution in [3.05, 3.63) is 41.9 Å². The zero-order valence-electron chi connectivity index (χ0n) is 8.47. The Bertz CT molecular complexity index is 585. The van der Waals surface area contributed by atoms with E-state index in [4.69, 9.17) is 0 Å². The standard InChI is InChI=1S/C11H10N4S/c1-3-13-11(9-2-4-16-10(1)9)14-6-8-5-12-7-15-8/h1-5,7H,6H2,(H,12,15)(H,13,14). The van der Waals surface area contributed by atoms with Gasteiger partial charge in [-0.05, 0) is 17.5 Å². The SMILES string of the molecule is c1cc2sccc2c(NCc2cnc[nH]2)n1. The van der Waals surface area contributed by atoms with Crippen LogP contribution in [-0.2, 0) is 6.54 Å². The average molecular weight is 230 g/mol. The van der Waals surface area contributed by atoms with E-state index in [1.165, 1.54) is 10.1 Å². The Morgan fingerprint density at radius 2 is 2.38 bits per heavy atom. The molecule has 2 N–H and O–H groups in total. The molecule has 4 nitrogen and oxygen atoms in total. The number of fused-ring (bicyclic) bond motifs is 1. The van der Waals surface area contributed by atoms with Crippen molar-refractivity contribution in [2.24, 2.45) is 0 Å². The topological polar surface area (TPSA) is 53.6 Å². The number of thiophene rings is 1. The van der Waals surface area contributed by atoms with Crippen LogP contribution in [0.1, 0.15) is 5.69 Å². The summed E-state index contributed by atoms with van der Waals surface area (Å²) in [6.07, 6.45) is 5.31. The van der Waals surface area contributed by atoms with Gasteiger partial charge in [0.25, 0.3) is 0 Å².